The van der Waals surface area contributed by atoms with Gasteiger partial charge in [-0.1, -0.05) is 20.8 Å². The molecule has 0 spiro atoms. The fourth-order valence-electron chi connectivity index (χ4n) is 0.950. The first-order valence-electron chi connectivity index (χ1n) is 4.00. The maximum Gasteiger partial charge on any atom is 0.514 e. The molecule has 1 atom stereocenters. The Morgan fingerprint density at radius 1 is 1.42 bits per heavy atom. The quantitative estimate of drug-likeness (QED) is 0.524. The number of carbonyl (C=O) groups is 1. The van der Waals surface area contributed by atoms with Crippen molar-refractivity contribution < 1.29 is 14.3 Å². The van der Waals surface area contributed by atoms with E-state index in [9.17, 15) is 4.79 Å². The number of hydrogen-bond acceptors (Lipinski definition) is 3. The van der Waals surface area contributed by atoms with Crippen LogP contribution in [0.4, 0.5) is 4.79 Å². The first-order valence-corrected chi connectivity index (χ1v) is 4.00. The van der Waals surface area contributed by atoms with Crippen molar-refractivity contribution in [3.63, 3.8) is 0 Å². The van der Waals surface area contributed by atoms with Crippen molar-refractivity contribution in [3.8, 4) is 0 Å². The van der Waals surface area contributed by atoms with Gasteiger partial charge in [0, 0.05) is 5.41 Å². The SMILES string of the molecule is CC1C=C(C(C)(C)C)OC(=O)O1. The molecule has 0 radical (unpaired) electrons. The monoisotopic (exact) mass is 170 g/mol. The van der Waals surface area contributed by atoms with Crippen LogP contribution in [-0.4, -0.2) is 12.3 Å². The van der Waals surface area contributed by atoms with Crippen LogP contribution >= 0.6 is 0 Å². The largest absolute Gasteiger partial charge is 0.514 e. The number of rotatable bonds is 0. The predicted molar refractivity (Wildman–Crippen MR) is 44.6 cm³/mol. The van der Waals surface area contributed by atoms with Crippen molar-refractivity contribution in [1.82, 2.24) is 0 Å². The highest BCUT2D eigenvalue weighted by atomic mass is 16.7. The highest BCUT2D eigenvalue weighted by molar-refractivity contribution is 5.63. The molecule has 0 bridgehead atoms. The summed E-state index contributed by atoms with van der Waals surface area (Å²) >= 11 is 0. The van der Waals surface area contributed by atoms with E-state index < -0.39 is 6.16 Å². The first kappa shape index (κ1) is 9.10. The molecule has 1 unspecified atom stereocenters. The van der Waals surface area contributed by atoms with Crippen molar-refractivity contribution in [2.75, 3.05) is 0 Å². The Hall–Kier alpha value is -0.990. The molecule has 0 N–H and O–H groups in total. The van der Waals surface area contributed by atoms with Crippen molar-refractivity contribution in [1.29, 1.82) is 0 Å². The van der Waals surface area contributed by atoms with Crippen molar-refractivity contribution in [2.24, 2.45) is 5.41 Å². The van der Waals surface area contributed by atoms with Gasteiger partial charge in [-0.2, -0.15) is 0 Å². The molecule has 0 saturated carbocycles. The molecule has 0 aromatic rings. The maximum atomic E-state index is 10.8. The minimum absolute atomic E-state index is 0.131. The molecule has 0 aromatic heterocycles. The van der Waals surface area contributed by atoms with Gasteiger partial charge < -0.3 is 9.47 Å². The zero-order valence-corrected chi connectivity index (χ0v) is 7.88. The summed E-state index contributed by atoms with van der Waals surface area (Å²) < 4.78 is 9.70. The average molecular weight is 170 g/mol. The number of carbonyl (C=O) groups excluding carboxylic acids is 1. The molecular weight excluding hydrogens is 156 g/mol. The molecule has 0 fully saturated rings. The smallest absolute Gasteiger partial charge is 0.427 e. The highest BCUT2D eigenvalue weighted by Gasteiger charge is 2.27. The summed E-state index contributed by atoms with van der Waals surface area (Å²) in [5.74, 6) is 0.686. The van der Waals surface area contributed by atoms with Gasteiger partial charge in [-0.25, -0.2) is 4.79 Å². The van der Waals surface area contributed by atoms with Crippen LogP contribution in [0.5, 0.6) is 0 Å². The van der Waals surface area contributed by atoms with Crippen molar-refractivity contribution >= 4 is 6.16 Å². The van der Waals surface area contributed by atoms with E-state index in [2.05, 4.69) is 0 Å². The Bertz CT molecular complexity index is 222. The third-order valence-electron chi connectivity index (χ3n) is 1.60. The molecular formula is C9H14O3. The van der Waals surface area contributed by atoms with Crippen LogP contribution in [0, 0.1) is 5.41 Å². The molecule has 3 heteroatoms. The summed E-state index contributed by atoms with van der Waals surface area (Å²) in [7, 11) is 0. The molecule has 1 aliphatic rings. The first-order chi connectivity index (χ1) is 5.39. The normalized spacial score (nSPS) is 24.2. The molecule has 0 aromatic carbocycles. The lowest BCUT2D eigenvalue weighted by molar-refractivity contribution is 0.0314. The number of cyclic esters (lactones) is 2. The minimum atomic E-state index is -0.602. The van der Waals surface area contributed by atoms with Gasteiger partial charge in [-0.15, -0.1) is 0 Å². The number of hydrogen-bond donors (Lipinski definition) is 0. The van der Waals surface area contributed by atoms with E-state index in [4.69, 9.17) is 9.47 Å². The summed E-state index contributed by atoms with van der Waals surface area (Å²) in [5, 5.41) is 0. The fraction of sp³-hybridized carbons (Fsp3) is 0.667. The lowest BCUT2D eigenvalue weighted by Gasteiger charge is -2.26. The van der Waals surface area contributed by atoms with E-state index in [1.807, 2.05) is 33.8 Å². The lowest BCUT2D eigenvalue weighted by atomic mass is 9.92. The highest BCUT2D eigenvalue weighted by Crippen LogP contribution is 2.29. The molecule has 1 rings (SSSR count). The third-order valence-corrected chi connectivity index (χ3v) is 1.60. The van der Waals surface area contributed by atoms with E-state index in [0.29, 0.717) is 5.76 Å². The summed E-state index contributed by atoms with van der Waals surface area (Å²) in [6.07, 6.45) is 1.04. The van der Waals surface area contributed by atoms with Gasteiger partial charge in [-0.3, -0.25) is 0 Å². The van der Waals surface area contributed by atoms with Gasteiger partial charge >= 0.3 is 6.16 Å². The zero-order chi connectivity index (χ0) is 9.35. The zero-order valence-electron chi connectivity index (χ0n) is 7.88. The van der Waals surface area contributed by atoms with Crippen molar-refractivity contribution in [3.05, 3.63) is 11.8 Å². The van der Waals surface area contributed by atoms with E-state index in [-0.39, 0.29) is 11.5 Å². The molecule has 0 aliphatic carbocycles. The van der Waals surface area contributed by atoms with E-state index in [0.717, 1.165) is 0 Å². The summed E-state index contributed by atoms with van der Waals surface area (Å²) in [6.45, 7) is 7.78. The van der Waals surface area contributed by atoms with Gasteiger partial charge in [-0.05, 0) is 13.0 Å². The van der Waals surface area contributed by atoms with Gasteiger partial charge in [0.05, 0.1) is 0 Å². The average Bonchev–Trinajstić information content (AvgIpc) is 1.82. The second-order valence-electron chi connectivity index (χ2n) is 3.96. The van der Waals surface area contributed by atoms with E-state index in [1.165, 1.54) is 0 Å². The summed E-state index contributed by atoms with van der Waals surface area (Å²) in [5.41, 5.74) is -0.131. The number of ether oxygens (including phenoxy) is 2. The molecule has 68 valence electrons. The van der Waals surface area contributed by atoms with Gasteiger partial charge in [0.15, 0.2) is 0 Å². The topological polar surface area (TPSA) is 35.5 Å². The Balaban J connectivity index is 2.84. The van der Waals surface area contributed by atoms with Crippen molar-refractivity contribution in [2.45, 2.75) is 33.8 Å². The van der Waals surface area contributed by atoms with Crippen LogP contribution in [0.15, 0.2) is 11.8 Å². The minimum Gasteiger partial charge on any atom is -0.427 e. The Morgan fingerprint density at radius 2 is 2.00 bits per heavy atom. The van der Waals surface area contributed by atoms with Crippen LogP contribution in [-0.2, 0) is 9.47 Å². The molecule has 12 heavy (non-hydrogen) atoms. The molecule has 3 nitrogen and oxygen atoms in total. The van der Waals surface area contributed by atoms with Crippen LogP contribution in [0.3, 0.4) is 0 Å². The standard InChI is InChI=1S/C9H14O3/c1-6-5-7(9(2,3)4)12-8(10)11-6/h5-6H,1-4H3. The van der Waals surface area contributed by atoms with Gasteiger partial charge in [0.2, 0.25) is 0 Å². The molecule has 0 saturated heterocycles. The van der Waals surface area contributed by atoms with Crippen LogP contribution in [0.25, 0.3) is 0 Å². The summed E-state index contributed by atoms with van der Waals surface area (Å²) in [4.78, 5) is 10.8. The maximum absolute atomic E-state index is 10.8. The molecule has 1 aliphatic heterocycles. The van der Waals surface area contributed by atoms with Crippen LogP contribution in [0.2, 0.25) is 0 Å². The number of allylic oxidation sites excluding steroid dienone is 1. The second kappa shape index (κ2) is 2.81. The fourth-order valence-corrected chi connectivity index (χ4v) is 0.950. The third kappa shape index (κ3) is 2.00. The van der Waals surface area contributed by atoms with Gasteiger partial charge in [0.25, 0.3) is 0 Å². The Kier molecular flexibility index (Phi) is 2.13. The molecule has 1 heterocycles. The second-order valence-corrected chi connectivity index (χ2v) is 3.96. The van der Waals surface area contributed by atoms with E-state index in [1.54, 1.807) is 0 Å². The predicted octanol–water partition coefficient (Wildman–Crippen LogP) is 2.47. The lowest BCUT2D eigenvalue weighted by Crippen LogP contribution is -2.26. The van der Waals surface area contributed by atoms with E-state index >= 15 is 0 Å². The van der Waals surface area contributed by atoms with Gasteiger partial charge in [0.1, 0.15) is 11.9 Å². The summed E-state index contributed by atoms with van der Waals surface area (Å²) in [6, 6.07) is 0. The van der Waals surface area contributed by atoms with Crippen LogP contribution < -0.4 is 0 Å². The van der Waals surface area contributed by atoms with Crippen LogP contribution in [0.1, 0.15) is 27.7 Å². The molecule has 0 amide bonds. The Labute approximate surface area is 72.4 Å². The Morgan fingerprint density at radius 3 is 2.42 bits per heavy atom.